The van der Waals surface area contributed by atoms with E-state index >= 15 is 0 Å². The van der Waals surface area contributed by atoms with E-state index < -0.39 is 5.82 Å². The van der Waals surface area contributed by atoms with Gasteiger partial charge in [-0.05, 0) is 61.4 Å². The normalized spacial score (nSPS) is 16.0. The van der Waals surface area contributed by atoms with Crippen LogP contribution in [0.25, 0.3) is 0 Å². The summed E-state index contributed by atoms with van der Waals surface area (Å²) in [7, 11) is 0. The van der Waals surface area contributed by atoms with E-state index in [1.165, 1.54) is 36.0 Å². The highest BCUT2D eigenvalue weighted by molar-refractivity contribution is 8.00. The summed E-state index contributed by atoms with van der Waals surface area (Å²) in [6.45, 7) is 3.99. The number of rotatable bonds is 4. The molecule has 0 spiro atoms. The van der Waals surface area contributed by atoms with Crippen molar-refractivity contribution in [1.82, 2.24) is 0 Å². The van der Waals surface area contributed by atoms with Crippen LogP contribution in [0.2, 0.25) is 0 Å². The zero-order valence-electron chi connectivity index (χ0n) is 16.7. The molecule has 3 aromatic rings. The molecule has 0 unspecified atom stereocenters. The van der Waals surface area contributed by atoms with Gasteiger partial charge in [-0.3, -0.25) is 14.5 Å². The van der Waals surface area contributed by atoms with E-state index in [2.05, 4.69) is 5.32 Å². The Morgan fingerprint density at radius 2 is 1.80 bits per heavy atom. The van der Waals surface area contributed by atoms with E-state index in [4.69, 9.17) is 0 Å². The standard InChI is InChI=1S/C24H21FN2O2S/c1-15-7-8-16(2)21(13-15)27-22(28)14-30-24(27)19-5-3-4-6-20(19)26-23(29)17-9-11-18(25)12-10-17/h3-13,24H,14H2,1-2H3,(H,26,29)/t24-/m0/s1. The second-order valence-electron chi connectivity index (χ2n) is 7.27. The molecule has 1 saturated heterocycles. The summed E-state index contributed by atoms with van der Waals surface area (Å²) in [5.74, 6) is -0.302. The average Bonchev–Trinajstić information content (AvgIpc) is 3.11. The first-order chi connectivity index (χ1) is 14.4. The number of amides is 2. The van der Waals surface area contributed by atoms with E-state index in [0.29, 0.717) is 17.0 Å². The van der Waals surface area contributed by atoms with Gasteiger partial charge in [-0.25, -0.2) is 4.39 Å². The quantitative estimate of drug-likeness (QED) is 0.609. The van der Waals surface area contributed by atoms with Crippen molar-refractivity contribution in [2.45, 2.75) is 19.2 Å². The second kappa shape index (κ2) is 8.32. The van der Waals surface area contributed by atoms with Gasteiger partial charge < -0.3 is 5.32 Å². The highest BCUT2D eigenvalue weighted by atomic mass is 32.2. The number of hydrogen-bond acceptors (Lipinski definition) is 3. The van der Waals surface area contributed by atoms with Gasteiger partial charge in [-0.2, -0.15) is 0 Å². The summed E-state index contributed by atoms with van der Waals surface area (Å²) < 4.78 is 13.2. The van der Waals surface area contributed by atoms with Gasteiger partial charge in [0, 0.05) is 22.5 Å². The number of anilines is 2. The van der Waals surface area contributed by atoms with Gasteiger partial charge >= 0.3 is 0 Å². The topological polar surface area (TPSA) is 49.4 Å². The van der Waals surface area contributed by atoms with Gasteiger partial charge in [0.1, 0.15) is 11.2 Å². The highest BCUT2D eigenvalue weighted by Crippen LogP contribution is 2.45. The third-order valence-corrected chi connectivity index (χ3v) is 6.27. The third-order valence-electron chi connectivity index (χ3n) is 5.07. The van der Waals surface area contributed by atoms with Crippen LogP contribution in [0.15, 0.2) is 66.7 Å². The van der Waals surface area contributed by atoms with Gasteiger partial charge in [-0.15, -0.1) is 11.8 Å². The van der Waals surface area contributed by atoms with E-state index in [-0.39, 0.29) is 17.2 Å². The summed E-state index contributed by atoms with van der Waals surface area (Å²) in [4.78, 5) is 27.3. The molecule has 152 valence electrons. The molecule has 0 bridgehead atoms. The summed E-state index contributed by atoms with van der Waals surface area (Å²) in [5.41, 5.74) is 4.84. The van der Waals surface area contributed by atoms with Crippen molar-refractivity contribution in [2.24, 2.45) is 0 Å². The molecule has 0 aromatic heterocycles. The Labute approximate surface area is 179 Å². The molecule has 4 rings (SSSR count). The summed E-state index contributed by atoms with van der Waals surface area (Å²) in [6.07, 6.45) is 0. The molecule has 1 aliphatic heterocycles. The lowest BCUT2D eigenvalue weighted by atomic mass is 10.1. The van der Waals surface area contributed by atoms with Crippen LogP contribution >= 0.6 is 11.8 Å². The first-order valence-corrected chi connectivity index (χ1v) is 10.7. The monoisotopic (exact) mass is 420 g/mol. The zero-order valence-corrected chi connectivity index (χ0v) is 17.5. The summed E-state index contributed by atoms with van der Waals surface area (Å²) in [5, 5.41) is 2.68. The Morgan fingerprint density at radius 1 is 1.07 bits per heavy atom. The fourth-order valence-corrected chi connectivity index (χ4v) is 4.72. The predicted octanol–water partition coefficient (Wildman–Crippen LogP) is 5.47. The lowest BCUT2D eigenvalue weighted by Crippen LogP contribution is -2.29. The maximum absolute atomic E-state index is 13.2. The number of nitrogens with zero attached hydrogens (tertiary/aromatic N) is 1. The van der Waals surface area contributed by atoms with Crippen molar-refractivity contribution in [2.75, 3.05) is 16.0 Å². The Hall–Kier alpha value is -3.12. The molecule has 0 aliphatic carbocycles. The minimum Gasteiger partial charge on any atom is -0.322 e. The number of carbonyl (C=O) groups is 2. The molecule has 1 N–H and O–H groups in total. The van der Waals surface area contributed by atoms with Crippen LogP contribution in [-0.4, -0.2) is 17.6 Å². The first-order valence-electron chi connectivity index (χ1n) is 9.61. The lowest BCUT2D eigenvalue weighted by molar-refractivity contribution is -0.115. The molecule has 2 amide bonds. The van der Waals surface area contributed by atoms with Gasteiger partial charge in [0.05, 0.1) is 5.75 Å². The second-order valence-corrected chi connectivity index (χ2v) is 8.33. The maximum atomic E-state index is 13.2. The fraction of sp³-hybridized carbons (Fsp3) is 0.167. The molecule has 6 heteroatoms. The van der Waals surface area contributed by atoms with Gasteiger partial charge in [-0.1, -0.05) is 30.3 Å². The van der Waals surface area contributed by atoms with Crippen molar-refractivity contribution in [3.63, 3.8) is 0 Å². The number of nitrogens with one attached hydrogen (secondary N) is 1. The van der Waals surface area contributed by atoms with Crippen LogP contribution in [0.4, 0.5) is 15.8 Å². The molecule has 1 aliphatic rings. The third kappa shape index (κ3) is 3.96. The Bertz CT molecular complexity index is 1110. The number of thioether (sulfide) groups is 1. The van der Waals surface area contributed by atoms with Crippen molar-refractivity contribution in [1.29, 1.82) is 0 Å². The SMILES string of the molecule is Cc1ccc(C)c(N2C(=O)CS[C@H]2c2ccccc2NC(=O)c2ccc(F)cc2)c1. The predicted molar refractivity (Wildman–Crippen MR) is 119 cm³/mol. The largest absolute Gasteiger partial charge is 0.322 e. The van der Waals surface area contributed by atoms with E-state index in [1.54, 1.807) is 0 Å². The van der Waals surface area contributed by atoms with Crippen LogP contribution < -0.4 is 10.2 Å². The lowest BCUT2D eigenvalue weighted by Gasteiger charge is -2.27. The Morgan fingerprint density at radius 3 is 2.57 bits per heavy atom. The molecule has 1 fully saturated rings. The van der Waals surface area contributed by atoms with Crippen molar-refractivity contribution < 1.29 is 14.0 Å². The van der Waals surface area contributed by atoms with E-state index in [0.717, 1.165) is 22.4 Å². The molecule has 0 radical (unpaired) electrons. The first kappa shape index (κ1) is 20.2. The van der Waals surface area contributed by atoms with Crippen LogP contribution in [0.1, 0.15) is 32.4 Å². The Kier molecular flexibility index (Phi) is 5.59. The molecule has 1 heterocycles. The maximum Gasteiger partial charge on any atom is 0.255 e. The van der Waals surface area contributed by atoms with Crippen molar-refractivity contribution in [3.8, 4) is 0 Å². The van der Waals surface area contributed by atoms with Crippen molar-refractivity contribution in [3.05, 3.63) is 94.8 Å². The highest BCUT2D eigenvalue weighted by Gasteiger charge is 2.36. The minimum atomic E-state index is -0.392. The summed E-state index contributed by atoms with van der Waals surface area (Å²) in [6, 6.07) is 19.0. The molecule has 3 aromatic carbocycles. The Balaban J connectivity index is 1.68. The van der Waals surface area contributed by atoms with Crippen LogP contribution in [0.3, 0.4) is 0 Å². The average molecular weight is 421 g/mol. The number of para-hydroxylation sites is 1. The molecular weight excluding hydrogens is 399 g/mol. The molecule has 1 atom stereocenters. The molecule has 0 saturated carbocycles. The minimum absolute atomic E-state index is 0.0402. The summed E-state index contributed by atoms with van der Waals surface area (Å²) >= 11 is 1.54. The van der Waals surface area contributed by atoms with E-state index in [9.17, 15) is 14.0 Å². The molecule has 30 heavy (non-hydrogen) atoms. The molecular formula is C24H21FN2O2S. The van der Waals surface area contributed by atoms with Crippen LogP contribution in [0, 0.1) is 19.7 Å². The number of carbonyl (C=O) groups excluding carboxylic acids is 2. The van der Waals surface area contributed by atoms with Crippen LogP contribution in [0.5, 0.6) is 0 Å². The van der Waals surface area contributed by atoms with Gasteiger partial charge in [0.2, 0.25) is 5.91 Å². The van der Waals surface area contributed by atoms with Crippen molar-refractivity contribution >= 4 is 35.0 Å². The van der Waals surface area contributed by atoms with Crippen LogP contribution in [-0.2, 0) is 4.79 Å². The fourth-order valence-electron chi connectivity index (χ4n) is 3.52. The smallest absolute Gasteiger partial charge is 0.255 e. The number of aryl methyl sites for hydroxylation is 2. The number of halogens is 1. The van der Waals surface area contributed by atoms with Gasteiger partial charge in [0.25, 0.3) is 5.91 Å². The van der Waals surface area contributed by atoms with Gasteiger partial charge in [0.15, 0.2) is 0 Å². The number of benzene rings is 3. The number of hydrogen-bond donors (Lipinski definition) is 1. The van der Waals surface area contributed by atoms with E-state index in [1.807, 2.05) is 61.2 Å². The zero-order chi connectivity index (χ0) is 21.3. The molecule has 4 nitrogen and oxygen atoms in total.